The molecule has 8 heteroatoms. The van der Waals surface area contributed by atoms with E-state index >= 15 is 0 Å². The smallest absolute Gasteiger partial charge is 0.308 e. The lowest BCUT2D eigenvalue weighted by molar-refractivity contribution is -0.146. The Morgan fingerprint density at radius 1 is 1.17 bits per heavy atom. The van der Waals surface area contributed by atoms with Gasteiger partial charge in [0.1, 0.15) is 0 Å². The number of guanidine groups is 1. The number of hydrogen-bond acceptors (Lipinski definition) is 4. The molecule has 2 aliphatic heterocycles. The van der Waals surface area contributed by atoms with E-state index in [4.69, 9.17) is 4.74 Å². The largest absolute Gasteiger partial charge is 0.469 e. The van der Waals surface area contributed by atoms with Crippen molar-refractivity contribution in [2.75, 3.05) is 38.7 Å². The first-order valence-electron chi connectivity index (χ1n) is 10.0. The van der Waals surface area contributed by atoms with Gasteiger partial charge in [0, 0.05) is 45.3 Å². The van der Waals surface area contributed by atoms with Crippen molar-refractivity contribution in [2.24, 2.45) is 10.9 Å². The van der Waals surface area contributed by atoms with Crippen molar-refractivity contribution >= 4 is 47.5 Å². The van der Waals surface area contributed by atoms with Crippen LogP contribution < -0.4 is 10.2 Å². The van der Waals surface area contributed by atoms with Gasteiger partial charge in [0.15, 0.2) is 5.96 Å². The Kier molecular flexibility index (Phi) is 9.19. The van der Waals surface area contributed by atoms with E-state index in [1.807, 2.05) is 17.0 Å². The molecule has 1 aromatic rings. The topological polar surface area (TPSA) is 74.2 Å². The molecule has 0 aromatic heterocycles. The van der Waals surface area contributed by atoms with Crippen LogP contribution in [-0.2, 0) is 20.9 Å². The number of anilines is 1. The molecule has 0 unspecified atom stereocenters. The second-order valence-corrected chi connectivity index (χ2v) is 7.35. The van der Waals surface area contributed by atoms with Crippen LogP contribution >= 0.6 is 24.0 Å². The van der Waals surface area contributed by atoms with E-state index in [1.165, 1.54) is 7.11 Å². The zero-order valence-electron chi connectivity index (χ0n) is 17.2. The van der Waals surface area contributed by atoms with Gasteiger partial charge in [-0.1, -0.05) is 12.1 Å². The number of halogens is 1. The van der Waals surface area contributed by atoms with E-state index < -0.39 is 0 Å². The third-order valence-corrected chi connectivity index (χ3v) is 5.56. The first-order valence-corrected chi connectivity index (χ1v) is 10.0. The number of nitrogens with one attached hydrogen (secondary N) is 1. The molecule has 0 saturated carbocycles. The van der Waals surface area contributed by atoms with E-state index in [0.717, 1.165) is 62.5 Å². The Hall–Kier alpha value is -1.84. The highest BCUT2D eigenvalue weighted by Crippen LogP contribution is 2.21. The lowest BCUT2D eigenvalue weighted by Gasteiger charge is -2.33. The quantitative estimate of drug-likeness (QED) is 0.290. The molecule has 2 heterocycles. The molecular weight excluding hydrogens is 483 g/mol. The Morgan fingerprint density at radius 3 is 2.45 bits per heavy atom. The number of aliphatic imine (C=N–C) groups is 1. The monoisotopic (exact) mass is 514 g/mol. The molecule has 1 N–H and O–H groups in total. The maximum Gasteiger partial charge on any atom is 0.308 e. The molecule has 3 rings (SSSR count). The molecule has 1 aromatic carbocycles. The van der Waals surface area contributed by atoms with E-state index in [1.54, 1.807) is 7.05 Å². The van der Waals surface area contributed by atoms with Crippen molar-refractivity contribution in [3.63, 3.8) is 0 Å². The van der Waals surface area contributed by atoms with Gasteiger partial charge in [-0.25, -0.2) is 0 Å². The van der Waals surface area contributed by atoms with Gasteiger partial charge in [-0.15, -0.1) is 24.0 Å². The lowest BCUT2D eigenvalue weighted by atomic mass is 9.97. The molecule has 0 spiro atoms. The van der Waals surface area contributed by atoms with E-state index in [2.05, 4.69) is 27.3 Å². The van der Waals surface area contributed by atoms with Crippen LogP contribution in [0.2, 0.25) is 0 Å². The number of methoxy groups -OCH3 is 1. The molecule has 0 radical (unpaired) electrons. The highest BCUT2D eigenvalue weighted by Gasteiger charge is 2.27. The van der Waals surface area contributed by atoms with Gasteiger partial charge in [-0.3, -0.25) is 14.6 Å². The summed E-state index contributed by atoms with van der Waals surface area (Å²) in [4.78, 5) is 32.2. The van der Waals surface area contributed by atoms with E-state index in [9.17, 15) is 9.59 Å². The third kappa shape index (κ3) is 6.07. The molecule has 2 fully saturated rings. The van der Waals surface area contributed by atoms with Gasteiger partial charge in [-0.2, -0.15) is 0 Å². The molecule has 29 heavy (non-hydrogen) atoms. The van der Waals surface area contributed by atoms with Crippen molar-refractivity contribution in [2.45, 2.75) is 38.6 Å². The Morgan fingerprint density at radius 2 is 1.86 bits per heavy atom. The number of piperidine rings is 2. The molecule has 0 bridgehead atoms. The fourth-order valence-electron chi connectivity index (χ4n) is 3.88. The number of amides is 1. The lowest BCUT2D eigenvalue weighted by Crippen LogP contribution is -2.46. The Balaban J connectivity index is 0.00000300. The van der Waals surface area contributed by atoms with Crippen molar-refractivity contribution in [3.05, 3.63) is 29.8 Å². The number of esters is 1. The highest BCUT2D eigenvalue weighted by molar-refractivity contribution is 14.0. The fraction of sp³-hybridized carbons (Fsp3) is 0.571. The SMILES string of the molecule is CN=C(NCc1ccc(N2CCCCC2=O)cc1)N1CCC(C(=O)OC)CC1.I. The van der Waals surface area contributed by atoms with Crippen LogP contribution in [0, 0.1) is 5.92 Å². The first-order chi connectivity index (χ1) is 13.6. The van der Waals surface area contributed by atoms with Crippen LogP contribution in [0.5, 0.6) is 0 Å². The number of benzene rings is 1. The normalized spacial score (nSPS) is 18.3. The zero-order valence-corrected chi connectivity index (χ0v) is 19.6. The number of rotatable bonds is 4. The Labute approximate surface area is 189 Å². The molecule has 2 aliphatic rings. The van der Waals surface area contributed by atoms with Crippen molar-refractivity contribution in [3.8, 4) is 0 Å². The average Bonchev–Trinajstić information content (AvgIpc) is 2.75. The number of hydrogen-bond donors (Lipinski definition) is 1. The van der Waals surface area contributed by atoms with Gasteiger partial charge in [0.25, 0.3) is 0 Å². The summed E-state index contributed by atoms with van der Waals surface area (Å²) in [6.07, 6.45) is 4.27. The summed E-state index contributed by atoms with van der Waals surface area (Å²) in [5, 5.41) is 3.40. The summed E-state index contributed by atoms with van der Waals surface area (Å²) in [6.45, 7) is 3.05. The highest BCUT2D eigenvalue weighted by atomic mass is 127. The second kappa shape index (κ2) is 11.4. The second-order valence-electron chi connectivity index (χ2n) is 7.35. The summed E-state index contributed by atoms with van der Waals surface area (Å²) in [5.41, 5.74) is 2.11. The number of carbonyl (C=O) groups is 2. The van der Waals surface area contributed by atoms with Gasteiger partial charge < -0.3 is 19.9 Å². The third-order valence-electron chi connectivity index (χ3n) is 5.56. The van der Waals surface area contributed by atoms with Crippen molar-refractivity contribution in [1.29, 1.82) is 0 Å². The van der Waals surface area contributed by atoms with Gasteiger partial charge in [-0.05, 0) is 43.4 Å². The van der Waals surface area contributed by atoms with Crippen LogP contribution in [0.4, 0.5) is 5.69 Å². The Bertz CT molecular complexity index is 715. The van der Waals surface area contributed by atoms with Crippen molar-refractivity contribution in [1.82, 2.24) is 10.2 Å². The minimum atomic E-state index is -0.116. The summed E-state index contributed by atoms with van der Waals surface area (Å²) in [6, 6.07) is 8.15. The zero-order chi connectivity index (χ0) is 19.9. The number of likely N-dealkylation sites (tertiary alicyclic amines) is 1. The first kappa shape index (κ1) is 23.4. The maximum absolute atomic E-state index is 12.1. The fourth-order valence-corrected chi connectivity index (χ4v) is 3.88. The van der Waals surface area contributed by atoms with E-state index in [0.29, 0.717) is 13.0 Å². The number of carbonyl (C=O) groups excluding carboxylic acids is 2. The number of ether oxygens (including phenoxy) is 1. The van der Waals surface area contributed by atoms with Gasteiger partial charge >= 0.3 is 5.97 Å². The van der Waals surface area contributed by atoms with Gasteiger partial charge in [0.05, 0.1) is 13.0 Å². The van der Waals surface area contributed by atoms with Crippen molar-refractivity contribution < 1.29 is 14.3 Å². The van der Waals surface area contributed by atoms with Crippen LogP contribution in [0.15, 0.2) is 29.3 Å². The summed E-state index contributed by atoms with van der Waals surface area (Å²) >= 11 is 0. The average molecular weight is 514 g/mol. The molecule has 160 valence electrons. The predicted molar refractivity (Wildman–Crippen MR) is 125 cm³/mol. The predicted octanol–water partition coefficient (Wildman–Crippen LogP) is 2.78. The van der Waals surface area contributed by atoms with Crippen LogP contribution in [0.25, 0.3) is 0 Å². The minimum Gasteiger partial charge on any atom is -0.469 e. The van der Waals surface area contributed by atoms with Crippen LogP contribution in [0.3, 0.4) is 0 Å². The molecule has 7 nitrogen and oxygen atoms in total. The summed E-state index contributed by atoms with van der Waals surface area (Å²) in [7, 11) is 3.22. The standard InChI is InChI=1S/C21H30N4O3.HI/c1-22-21(24-13-10-17(11-14-24)20(27)28-2)23-15-16-6-8-18(9-7-16)25-12-4-3-5-19(25)26;/h6-9,17H,3-5,10-15H2,1-2H3,(H,22,23);1H. The number of nitrogens with zero attached hydrogens (tertiary/aromatic N) is 3. The molecule has 0 aliphatic carbocycles. The van der Waals surface area contributed by atoms with Crippen LogP contribution in [0.1, 0.15) is 37.7 Å². The summed E-state index contributed by atoms with van der Waals surface area (Å²) in [5.74, 6) is 0.936. The molecule has 0 atom stereocenters. The minimum absolute atomic E-state index is 0. The maximum atomic E-state index is 12.1. The molecule has 2 saturated heterocycles. The molecular formula is C21H31IN4O3. The summed E-state index contributed by atoms with van der Waals surface area (Å²) < 4.78 is 4.85. The van der Waals surface area contributed by atoms with Gasteiger partial charge in [0.2, 0.25) is 5.91 Å². The van der Waals surface area contributed by atoms with E-state index in [-0.39, 0.29) is 41.8 Å². The molecule has 1 amide bonds. The van der Waals surface area contributed by atoms with Crippen LogP contribution in [-0.4, -0.2) is 56.5 Å².